The second-order valence-corrected chi connectivity index (χ2v) is 7.61. The first kappa shape index (κ1) is 20.4. The molecule has 0 saturated heterocycles. The Morgan fingerprint density at radius 2 is 1.87 bits per heavy atom. The van der Waals surface area contributed by atoms with E-state index in [1.165, 1.54) is 11.3 Å². The van der Waals surface area contributed by atoms with Gasteiger partial charge in [-0.1, -0.05) is 24.3 Å². The predicted molar refractivity (Wildman–Crippen MR) is 119 cm³/mol. The Bertz CT molecular complexity index is 1170. The number of aryl methyl sites for hydroxylation is 1. The van der Waals surface area contributed by atoms with Crippen LogP contribution >= 0.6 is 11.3 Å². The molecule has 156 valence electrons. The van der Waals surface area contributed by atoms with Crippen LogP contribution in [0.25, 0.3) is 6.08 Å². The molecule has 31 heavy (non-hydrogen) atoms. The average Bonchev–Trinajstić information content (AvgIpc) is 3.42. The zero-order valence-electron chi connectivity index (χ0n) is 16.6. The minimum atomic E-state index is -0.549. The van der Waals surface area contributed by atoms with Crippen LogP contribution in [0.2, 0.25) is 0 Å². The third-order valence-corrected chi connectivity index (χ3v) is 5.44. The summed E-state index contributed by atoms with van der Waals surface area (Å²) in [7, 11) is 0. The van der Waals surface area contributed by atoms with Crippen LogP contribution in [0.5, 0.6) is 11.5 Å². The summed E-state index contributed by atoms with van der Waals surface area (Å²) in [5.41, 5.74) is 4.69. The summed E-state index contributed by atoms with van der Waals surface area (Å²) in [6.45, 7) is 2.11. The number of rotatable bonds is 6. The van der Waals surface area contributed by atoms with Gasteiger partial charge >= 0.3 is 0 Å². The minimum Gasteiger partial charge on any atom is -0.454 e. The van der Waals surface area contributed by atoms with Crippen molar-refractivity contribution in [1.82, 2.24) is 10.7 Å². The third kappa shape index (κ3) is 4.99. The molecular formula is C23H19N3O4S. The maximum Gasteiger partial charge on any atom is 0.287 e. The van der Waals surface area contributed by atoms with Crippen LogP contribution < -0.4 is 20.2 Å². The number of nitrogens with one attached hydrogen (secondary N) is 2. The number of hydrogen-bond acceptors (Lipinski definition) is 6. The number of fused-ring (bicyclic) bond motifs is 1. The number of ether oxygens (including phenoxy) is 2. The van der Waals surface area contributed by atoms with Gasteiger partial charge in [0, 0.05) is 10.4 Å². The number of thiophene rings is 1. The predicted octanol–water partition coefficient (Wildman–Crippen LogP) is 3.71. The molecule has 0 aliphatic carbocycles. The summed E-state index contributed by atoms with van der Waals surface area (Å²) >= 11 is 1.52. The van der Waals surface area contributed by atoms with Crippen molar-refractivity contribution < 1.29 is 19.1 Å². The normalized spacial score (nSPS) is 12.7. The van der Waals surface area contributed by atoms with Gasteiger partial charge < -0.3 is 14.8 Å². The lowest BCUT2D eigenvalue weighted by molar-refractivity contribution is -0.117. The molecule has 0 fully saturated rings. The highest BCUT2D eigenvalue weighted by atomic mass is 32.1. The molecule has 7 nitrogen and oxygen atoms in total. The standard InChI is InChI=1S/C23H19N3O4S/c1-15-9-10-31-21(15)13-24-26-23(28)18(25-22(27)17-5-3-2-4-6-17)11-16-7-8-19-20(12-16)30-14-29-19/h2-13H,14H2,1H3,(H,25,27)(H,26,28)/b18-11-,24-13-. The molecule has 2 heterocycles. The van der Waals surface area contributed by atoms with Crippen molar-refractivity contribution in [2.24, 2.45) is 5.10 Å². The Labute approximate surface area is 183 Å². The summed E-state index contributed by atoms with van der Waals surface area (Å²) in [4.78, 5) is 26.4. The Morgan fingerprint density at radius 3 is 2.65 bits per heavy atom. The van der Waals surface area contributed by atoms with Gasteiger partial charge in [0.25, 0.3) is 11.8 Å². The molecule has 0 bridgehead atoms. The number of amides is 2. The van der Waals surface area contributed by atoms with Gasteiger partial charge in [-0.15, -0.1) is 11.3 Å². The van der Waals surface area contributed by atoms with Gasteiger partial charge in [0.2, 0.25) is 6.79 Å². The number of nitrogens with zero attached hydrogens (tertiary/aromatic N) is 1. The van der Waals surface area contributed by atoms with Crippen molar-refractivity contribution >= 4 is 35.4 Å². The van der Waals surface area contributed by atoms with Gasteiger partial charge in [-0.3, -0.25) is 9.59 Å². The highest BCUT2D eigenvalue weighted by Gasteiger charge is 2.16. The van der Waals surface area contributed by atoms with Gasteiger partial charge in [-0.05, 0) is 59.8 Å². The van der Waals surface area contributed by atoms with Crippen LogP contribution in [0.4, 0.5) is 0 Å². The molecule has 0 atom stereocenters. The zero-order valence-corrected chi connectivity index (χ0v) is 17.4. The summed E-state index contributed by atoms with van der Waals surface area (Å²) in [6, 6.07) is 15.9. The molecule has 0 radical (unpaired) electrons. The average molecular weight is 433 g/mol. The van der Waals surface area contributed by atoms with E-state index >= 15 is 0 Å². The first-order valence-electron chi connectivity index (χ1n) is 9.45. The van der Waals surface area contributed by atoms with E-state index in [-0.39, 0.29) is 12.5 Å². The first-order chi connectivity index (χ1) is 15.1. The molecule has 8 heteroatoms. The van der Waals surface area contributed by atoms with Crippen molar-refractivity contribution in [3.8, 4) is 11.5 Å². The Balaban J connectivity index is 1.57. The lowest BCUT2D eigenvalue weighted by Crippen LogP contribution is -2.32. The van der Waals surface area contributed by atoms with Gasteiger partial charge in [-0.25, -0.2) is 5.43 Å². The summed E-state index contributed by atoms with van der Waals surface area (Å²) < 4.78 is 10.7. The fraction of sp³-hybridized carbons (Fsp3) is 0.0870. The number of carbonyl (C=O) groups excluding carboxylic acids is 2. The van der Waals surface area contributed by atoms with Crippen LogP contribution in [0.1, 0.15) is 26.4 Å². The van der Waals surface area contributed by atoms with E-state index < -0.39 is 11.8 Å². The zero-order chi connectivity index (χ0) is 21.6. The number of hydrogen-bond donors (Lipinski definition) is 2. The Hall–Kier alpha value is -3.91. The van der Waals surface area contributed by atoms with Crippen molar-refractivity contribution in [2.45, 2.75) is 6.92 Å². The topological polar surface area (TPSA) is 89.0 Å². The summed E-state index contributed by atoms with van der Waals surface area (Å²) in [5, 5.41) is 8.64. The molecule has 1 aliphatic heterocycles. The molecule has 3 aromatic rings. The maximum absolute atomic E-state index is 12.8. The van der Waals surface area contributed by atoms with E-state index in [0.29, 0.717) is 22.6 Å². The van der Waals surface area contributed by atoms with Gasteiger partial charge in [0.05, 0.1) is 6.21 Å². The minimum absolute atomic E-state index is 0.0489. The van der Waals surface area contributed by atoms with E-state index in [1.54, 1.807) is 54.8 Å². The fourth-order valence-corrected chi connectivity index (χ4v) is 3.62. The smallest absolute Gasteiger partial charge is 0.287 e. The first-order valence-corrected chi connectivity index (χ1v) is 10.3. The molecule has 2 aromatic carbocycles. The Kier molecular flexibility index (Phi) is 6.09. The highest BCUT2D eigenvalue weighted by molar-refractivity contribution is 7.11. The third-order valence-electron chi connectivity index (χ3n) is 4.49. The highest BCUT2D eigenvalue weighted by Crippen LogP contribution is 2.33. The number of carbonyl (C=O) groups is 2. The molecule has 2 N–H and O–H groups in total. The van der Waals surface area contributed by atoms with E-state index in [2.05, 4.69) is 15.8 Å². The van der Waals surface area contributed by atoms with Crippen LogP contribution in [0.3, 0.4) is 0 Å². The van der Waals surface area contributed by atoms with Crippen LogP contribution in [-0.2, 0) is 4.79 Å². The van der Waals surface area contributed by atoms with Crippen molar-refractivity contribution in [2.75, 3.05) is 6.79 Å². The van der Waals surface area contributed by atoms with Crippen LogP contribution in [0, 0.1) is 6.92 Å². The van der Waals surface area contributed by atoms with Crippen LogP contribution in [-0.4, -0.2) is 24.8 Å². The van der Waals surface area contributed by atoms with Crippen LogP contribution in [0.15, 0.2) is 70.8 Å². The monoisotopic (exact) mass is 433 g/mol. The van der Waals surface area contributed by atoms with E-state index in [4.69, 9.17) is 9.47 Å². The largest absolute Gasteiger partial charge is 0.454 e. The lowest BCUT2D eigenvalue weighted by atomic mass is 10.1. The molecule has 0 unspecified atom stereocenters. The van der Waals surface area contributed by atoms with Gasteiger partial charge in [0.1, 0.15) is 5.70 Å². The quantitative estimate of drug-likeness (QED) is 0.352. The van der Waals surface area contributed by atoms with E-state index in [0.717, 1.165) is 10.4 Å². The second-order valence-electron chi connectivity index (χ2n) is 6.66. The molecule has 1 aliphatic rings. The van der Waals surface area contributed by atoms with Gasteiger partial charge in [0.15, 0.2) is 11.5 Å². The molecule has 4 rings (SSSR count). The molecule has 0 saturated carbocycles. The summed E-state index contributed by atoms with van der Waals surface area (Å²) in [6.07, 6.45) is 3.14. The lowest BCUT2D eigenvalue weighted by Gasteiger charge is -2.09. The van der Waals surface area contributed by atoms with Crippen molar-refractivity contribution in [3.05, 3.63) is 87.2 Å². The number of hydrazone groups is 1. The van der Waals surface area contributed by atoms with Crippen molar-refractivity contribution in [1.29, 1.82) is 0 Å². The maximum atomic E-state index is 12.8. The molecule has 1 aromatic heterocycles. The van der Waals surface area contributed by atoms with E-state index in [1.807, 2.05) is 24.4 Å². The van der Waals surface area contributed by atoms with E-state index in [9.17, 15) is 9.59 Å². The molecular weight excluding hydrogens is 414 g/mol. The number of benzene rings is 2. The fourth-order valence-electron chi connectivity index (χ4n) is 2.84. The molecule has 0 spiro atoms. The van der Waals surface area contributed by atoms with Gasteiger partial charge in [-0.2, -0.15) is 5.10 Å². The SMILES string of the molecule is Cc1ccsc1/C=N\NC(=O)/C(=C/c1ccc2c(c1)OCO2)NC(=O)c1ccccc1. The summed E-state index contributed by atoms with van der Waals surface area (Å²) in [5.74, 6) is 0.259. The molecule has 2 amide bonds. The second kappa shape index (κ2) is 9.27. The Morgan fingerprint density at radius 1 is 1.06 bits per heavy atom. The van der Waals surface area contributed by atoms with Crippen molar-refractivity contribution in [3.63, 3.8) is 0 Å².